The molecule has 4 nitrogen and oxygen atoms in total. The number of hydrogen-bond acceptors (Lipinski definition) is 4. The first-order chi connectivity index (χ1) is 11.2. The standard InChI is InChI=1S/C19H19NO3/c21-18(17-8-4-11-22-17)23-19-9-5-10-20(14-19)16(13-19)12-15-6-2-1-3-7-15/h1-4,6-8,11-12H,5,9-10,13-14H2/b16-12+. The summed E-state index contributed by atoms with van der Waals surface area (Å²) in [4.78, 5) is 14.6. The zero-order chi connectivity index (χ0) is 15.7. The summed E-state index contributed by atoms with van der Waals surface area (Å²) < 4.78 is 11.0. The number of rotatable bonds is 3. The molecule has 1 unspecified atom stereocenters. The molecule has 2 bridgehead atoms. The molecule has 0 aliphatic carbocycles. The van der Waals surface area contributed by atoms with E-state index in [1.165, 1.54) is 17.5 Å². The van der Waals surface area contributed by atoms with Crippen molar-refractivity contribution in [3.8, 4) is 0 Å². The van der Waals surface area contributed by atoms with Crippen molar-refractivity contribution in [2.75, 3.05) is 13.1 Å². The maximum atomic E-state index is 12.3. The van der Waals surface area contributed by atoms with Crippen LogP contribution in [0.15, 0.2) is 58.8 Å². The SMILES string of the molecule is O=C(OC12CCCN(C1)/C(=C/c1ccccc1)C2)c1ccco1. The van der Waals surface area contributed by atoms with Crippen molar-refractivity contribution in [1.82, 2.24) is 4.90 Å². The number of nitrogens with zero attached hydrogens (tertiary/aromatic N) is 1. The fraction of sp³-hybridized carbons (Fsp3) is 0.316. The Morgan fingerprint density at radius 3 is 2.87 bits per heavy atom. The van der Waals surface area contributed by atoms with E-state index in [9.17, 15) is 4.79 Å². The van der Waals surface area contributed by atoms with Gasteiger partial charge in [-0.3, -0.25) is 0 Å². The van der Waals surface area contributed by atoms with Gasteiger partial charge in [-0.15, -0.1) is 0 Å². The van der Waals surface area contributed by atoms with E-state index in [2.05, 4.69) is 23.1 Å². The van der Waals surface area contributed by atoms with E-state index in [0.717, 1.165) is 32.4 Å². The highest BCUT2D eigenvalue weighted by atomic mass is 16.6. The third kappa shape index (κ3) is 2.77. The van der Waals surface area contributed by atoms with Gasteiger partial charge < -0.3 is 14.1 Å². The number of piperidine rings is 1. The molecule has 2 saturated heterocycles. The van der Waals surface area contributed by atoms with E-state index in [4.69, 9.17) is 9.15 Å². The third-order valence-corrected chi connectivity index (χ3v) is 4.61. The number of benzene rings is 1. The molecule has 2 fully saturated rings. The Morgan fingerprint density at radius 2 is 2.09 bits per heavy atom. The predicted octanol–water partition coefficient (Wildman–Crippen LogP) is 3.72. The average molecular weight is 309 g/mol. The van der Waals surface area contributed by atoms with Gasteiger partial charge in [0.2, 0.25) is 5.76 Å². The highest BCUT2D eigenvalue weighted by Gasteiger charge is 2.46. The Hall–Kier alpha value is -2.49. The van der Waals surface area contributed by atoms with Gasteiger partial charge in [-0.2, -0.15) is 0 Å². The van der Waals surface area contributed by atoms with E-state index in [1.807, 2.05) is 18.2 Å². The van der Waals surface area contributed by atoms with Gasteiger partial charge in [0, 0.05) is 18.7 Å². The topological polar surface area (TPSA) is 42.7 Å². The van der Waals surface area contributed by atoms with Gasteiger partial charge in [-0.05, 0) is 36.6 Å². The van der Waals surface area contributed by atoms with E-state index in [0.29, 0.717) is 0 Å². The quantitative estimate of drug-likeness (QED) is 0.811. The first kappa shape index (κ1) is 14.1. The Kier molecular flexibility index (Phi) is 3.45. The van der Waals surface area contributed by atoms with Crippen LogP contribution in [0.2, 0.25) is 0 Å². The minimum absolute atomic E-state index is 0.275. The second-order valence-corrected chi connectivity index (χ2v) is 6.30. The maximum absolute atomic E-state index is 12.3. The van der Waals surface area contributed by atoms with Crippen molar-refractivity contribution in [3.63, 3.8) is 0 Å². The Balaban J connectivity index is 1.56. The first-order valence-electron chi connectivity index (χ1n) is 8.02. The van der Waals surface area contributed by atoms with Gasteiger partial charge in [0.1, 0.15) is 5.60 Å². The highest BCUT2D eigenvalue weighted by molar-refractivity contribution is 5.86. The van der Waals surface area contributed by atoms with Gasteiger partial charge in [-0.25, -0.2) is 4.79 Å². The van der Waals surface area contributed by atoms with Crippen molar-refractivity contribution >= 4 is 12.0 Å². The smallest absolute Gasteiger partial charge is 0.374 e. The van der Waals surface area contributed by atoms with Crippen molar-refractivity contribution in [2.24, 2.45) is 0 Å². The van der Waals surface area contributed by atoms with Crippen molar-refractivity contribution in [2.45, 2.75) is 24.9 Å². The van der Waals surface area contributed by atoms with Crippen molar-refractivity contribution < 1.29 is 13.9 Å². The zero-order valence-electron chi connectivity index (χ0n) is 12.9. The fourth-order valence-corrected chi connectivity index (χ4v) is 3.57. The monoisotopic (exact) mass is 309 g/mol. The molecule has 23 heavy (non-hydrogen) atoms. The van der Waals surface area contributed by atoms with Crippen LogP contribution in [0.5, 0.6) is 0 Å². The summed E-state index contributed by atoms with van der Waals surface area (Å²) >= 11 is 0. The Labute approximate surface area is 135 Å². The maximum Gasteiger partial charge on any atom is 0.374 e. The molecule has 0 radical (unpaired) electrons. The number of hydrogen-bond donors (Lipinski definition) is 0. The number of esters is 1. The molecule has 1 atom stereocenters. The number of ether oxygens (including phenoxy) is 1. The number of fused-ring (bicyclic) bond motifs is 2. The Morgan fingerprint density at radius 1 is 1.22 bits per heavy atom. The molecule has 2 aliphatic heterocycles. The fourth-order valence-electron chi connectivity index (χ4n) is 3.57. The van der Waals surface area contributed by atoms with Crippen LogP contribution in [0.1, 0.15) is 35.4 Å². The molecule has 118 valence electrons. The van der Waals surface area contributed by atoms with Crippen LogP contribution in [-0.4, -0.2) is 29.6 Å². The molecule has 1 aromatic heterocycles. The third-order valence-electron chi connectivity index (χ3n) is 4.61. The molecule has 0 amide bonds. The minimum Gasteiger partial charge on any atom is -0.457 e. The van der Waals surface area contributed by atoms with Crippen LogP contribution in [-0.2, 0) is 4.74 Å². The normalized spacial score (nSPS) is 24.9. The summed E-state index contributed by atoms with van der Waals surface area (Å²) in [6, 6.07) is 13.6. The van der Waals surface area contributed by atoms with Crippen LogP contribution < -0.4 is 0 Å². The summed E-state index contributed by atoms with van der Waals surface area (Å²) in [6.07, 6.45) is 6.42. The van der Waals surface area contributed by atoms with Gasteiger partial charge in [0.05, 0.1) is 12.8 Å². The lowest BCUT2D eigenvalue weighted by Crippen LogP contribution is -2.42. The number of carbonyl (C=O) groups is 1. The van der Waals surface area contributed by atoms with Crippen molar-refractivity contribution in [1.29, 1.82) is 0 Å². The van der Waals surface area contributed by atoms with Gasteiger partial charge in [0.15, 0.2) is 0 Å². The second kappa shape index (κ2) is 5.61. The summed E-state index contributed by atoms with van der Waals surface area (Å²) in [5.41, 5.74) is 2.02. The van der Waals surface area contributed by atoms with Gasteiger partial charge in [0.25, 0.3) is 0 Å². The molecule has 0 saturated carbocycles. The molecular formula is C19H19NO3. The van der Waals surface area contributed by atoms with E-state index >= 15 is 0 Å². The largest absolute Gasteiger partial charge is 0.457 e. The first-order valence-corrected chi connectivity index (χ1v) is 8.02. The Bertz CT molecular complexity index is 720. The van der Waals surface area contributed by atoms with Crippen LogP contribution in [0.25, 0.3) is 6.08 Å². The summed E-state index contributed by atoms with van der Waals surface area (Å²) in [7, 11) is 0. The molecule has 4 heteroatoms. The molecular weight excluding hydrogens is 290 g/mol. The van der Waals surface area contributed by atoms with Gasteiger partial charge in [-0.1, -0.05) is 30.3 Å². The lowest BCUT2D eigenvalue weighted by Gasteiger charge is -2.33. The molecule has 2 aromatic rings. The summed E-state index contributed by atoms with van der Waals surface area (Å²) in [6.45, 7) is 1.80. The minimum atomic E-state index is -0.414. The highest BCUT2D eigenvalue weighted by Crippen LogP contribution is 2.41. The van der Waals surface area contributed by atoms with E-state index in [1.54, 1.807) is 12.1 Å². The van der Waals surface area contributed by atoms with Crippen LogP contribution in [0, 0.1) is 0 Å². The molecule has 1 aromatic carbocycles. The second-order valence-electron chi connectivity index (χ2n) is 6.30. The zero-order valence-corrected chi connectivity index (χ0v) is 12.9. The molecule has 2 aliphatic rings. The molecule has 3 heterocycles. The average Bonchev–Trinajstić information content (AvgIpc) is 3.16. The number of furan rings is 1. The van der Waals surface area contributed by atoms with E-state index in [-0.39, 0.29) is 11.7 Å². The molecule has 0 N–H and O–H groups in total. The lowest BCUT2D eigenvalue weighted by atomic mass is 9.94. The molecule has 4 rings (SSSR count). The van der Waals surface area contributed by atoms with E-state index < -0.39 is 5.60 Å². The summed E-state index contributed by atoms with van der Waals surface area (Å²) in [5, 5.41) is 0. The van der Waals surface area contributed by atoms with Crippen molar-refractivity contribution in [3.05, 3.63) is 65.7 Å². The molecule has 0 spiro atoms. The lowest BCUT2D eigenvalue weighted by molar-refractivity contribution is -0.0296. The van der Waals surface area contributed by atoms with Gasteiger partial charge >= 0.3 is 5.97 Å². The van der Waals surface area contributed by atoms with Crippen LogP contribution in [0.3, 0.4) is 0 Å². The number of carbonyl (C=O) groups excluding carboxylic acids is 1. The van der Waals surface area contributed by atoms with Crippen LogP contribution in [0.4, 0.5) is 0 Å². The van der Waals surface area contributed by atoms with Crippen LogP contribution >= 0.6 is 0 Å². The predicted molar refractivity (Wildman–Crippen MR) is 86.7 cm³/mol. The summed E-state index contributed by atoms with van der Waals surface area (Å²) in [5.74, 6) is -0.0881.